The van der Waals surface area contributed by atoms with E-state index in [1.807, 2.05) is 13.8 Å². The van der Waals surface area contributed by atoms with Gasteiger partial charge in [0, 0.05) is 29.1 Å². The number of aliphatic hydroxyl groups excluding tert-OH is 1. The van der Waals surface area contributed by atoms with Crippen molar-refractivity contribution in [1.82, 2.24) is 10.6 Å². The van der Waals surface area contributed by atoms with Crippen LogP contribution in [0.15, 0.2) is 24.3 Å². The van der Waals surface area contributed by atoms with Crippen molar-refractivity contribution < 1.29 is 14.7 Å². The molecule has 0 aromatic heterocycles. The van der Waals surface area contributed by atoms with Gasteiger partial charge in [0.15, 0.2) is 0 Å². The number of carbonyl (C=O) groups excluding carboxylic acids is 2. The van der Waals surface area contributed by atoms with Crippen LogP contribution in [0.4, 0.5) is 0 Å². The maximum atomic E-state index is 12.0. The van der Waals surface area contributed by atoms with Crippen LogP contribution in [0.2, 0.25) is 0 Å². The third-order valence-electron chi connectivity index (χ3n) is 3.75. The predicted octanol–water partition coefficient (Wildman–Crippen LogP) is 1.33. The highest BCUT2D eigenvalue weighted by Gasteiger charge is 2.42. The van der Waals surface area contributed by atoms with Gasteiger partial charge in [0.1, 0.15) is 0 Å². The highest BCUT2D eigenvalue weighted by molar-refractivity contribution is 5.97. The van der Waals surface area contributed by atoms with Crippen LogP contribution in [0.25, 0.3) is 0 Å². The van der Waals surface area contributed by atoms with Crippen LogP contribution in [0.5, 0.6) is 0 Å². The monoisotopic (exact) mass is 290 g/mol. The molecule has 1 aliphatic rings. The molecule has 0 saturated heterocycles. The molecule has 2 rings (SSSR count). The van der Waals surface area contributed by atoms with Crippen LogP contribution in [-0.4, -0.2) is 36.1 Å². The Bertz CT molecular complexity index is 519. The highest BCUT2D eigenvalue weighted by Crippen LogP contribution is 2.44. The predicted molar refractivity (Wildman–Crippen MR) is 80.1 cm³/mol. The Morgan fingerprint density at radius 2 is 1.67 bits per heavy atom. The lowest BCUT2D eigenvalue weighted by molar-refractivity contribution is 0.0926. The molecule has 0 atom stereocenters. The van der Waals surface area contributed by atoms with Crippen LogP contribution in [0.3, 0.4) is 0 Å². The molecule has 1 aromatic carbocycles. The number of benzene rings is 1. The van der Waals surface area contributed by atoms with Crippen molar-refractivity contribution in [3.05, 3.63) is 35.4 Å². The van der Waals surface area contributed by atoms with Crippen LogP contribution in [0, 0.1) is 5.41 Å². The Morgan fingerprint density at radius 3 is 2.10 bits per heavy atom. The minimum absolute atomic E-state index is 0.0775. The zero-order chi connectivity index (χ0) is 15.5. The zero-order valence-electron chi connectivity index (χ0n) is 12.5. The topological polar surface area (TPSA) is 78.4 Å². The fourth-order valence-corrected chi connectivity index (χ4v) is 2.06. The molecule has 0 spiro atoms. The van der Waals surface area contributed by atoms with Crippen LogP contribution >= 0.6 is 0 Å². The first-order chi connectivity index (χ1) is 9.96. The lowest BCUT2D eigenvalue weighted by Crippen LogP contribution is -2.32. The average molecular weight is 290 g/mol. The Hall–Kier alpha value is -1.88. The van der Waals surface area contributed by atoms with Gasteiger partial charge < -0.3 is 15.7 Å². The van der Waals surface area contributed by atoms with E-state index in [1.54, 1.807) is 24.3 Å². The molecule has 0 aliphatic heterocycles. The summed E-state index contributed by atoms with van der Waals surface area (Å²) in [6.45, 7) is 4.41. The summed E-state index contributed by atoms with van der Waals surface area (Å²) in [5, 5.41) is 14.8. The molecular formula is C16H22N2O3. The van der Waals surface area contributed by atoms with E-state index in [-0.39, 0.29) is 29.9 Å². The van der Waals surface area contributed by atoms with Gasteiger partial charge in [-0.25, -0.2) is 0 Å². The third kappa shape index (κ3) is 4.04. The van der Waals surface area contributed by atoms with Gasteiger partial charge in [-0.05, 0) is 51.0 Å². The molecule has 2 amide bonds. The summed E-state index contributed by atoms with van der Waals surface area (Å²) in [5.74, 6) is -0.320. The summed E-state index contributed by atoms with van der Waals surface area (Å²) in [5.41, 5.74) is 0.950. The Morgan fingerprint density at radius 1 is 1.14 bits per heavy atom. The van der Waals surface area contributed by atoms with Crippen molar-refractivity contribution in [3.8, 4) is 0 Å². The average Bonchev–Trinajstić information content (AvgIpc) is 3.25. The largest absolute Gasteiger partial charge is 0.396 e. The fraction of sp³-hybridized carbons (Fsp3) is 0.500. The molecule has 1 fully saturated rings. The lowest BCUT2D eigenvalue weighted by Gasteiger charge is -2.13. The standard InChI is InChI=1S/C16H22N2O3/c1-11(2)18-15(21)13-5-3-12(4-6-13)14(20)17-9-16(10-19)7-8-16/h3-6,11,19H,7-10H2,1-2H3,(H,17,20)(H,18,21). The van der Waals surface area contributed by atoms with E-state index >= 15 is 0 Å². The second kappa shape index (κ2) is 6.26. The van der Waals surface area contributed by atoms with Crippen molar-refractivity contribution in [1.29, 1.82) is 0 Å². The quantitative estimate of drug-likeness (QED) is 0.739. The van der Waals surface area contributed by atoms with Crippen molar-refractivity contribution in [2.75, 3.05) is 13.2 Å². The fourth-order valence-electron chi connectivity index (χ4n) is 2.06. The van der Waals surface area contributed by atoms with Gasteiger partial charge in [0.25, 0.3) is 11.8 Å². The van der Waals surface area contributed by atoms with E-state index in [9.17, 15) is 14.7 Å². The Balaban J connectivity index is 1.92. The van der Waals surface area contributed by atoms with Gasteiger partial charge in [0.2, 0.25) is 0 Å². The minimum Gasteiger partial charge on any atom is -0.396 e. The summed E-state index contributed by atoms with van der Waals surface area (Å²) in [4.78, 5) is 23.8. The van der Waals surface area contributed by atoms with E-state index in [0.29, 0.717) is 17.7 Å². The number of rotatable bonds is 6. The molecule has 3 N–H and O–H groups in total. The molecule has 0 bridgehead atoms. The number of carbonyl (C=O) groups is 2. The van der Waals surface area contributed by atoms with E-state index in [4.69, 9.17) is 0 Å². The molecule has 0 heterocycles. The number of hydrogen-bond donors (Lipinski definition) is 3. The first kappa shape index (κ1) is 15.5. The molecule has 1 aromatic rings. The van der Waals surface area contributed by atoms with Crippen LogP contribution in [0.1, 0.15) is 47.4 Å². The van der Waals surface area contributed by atoms with Crippen molar-refractivity contribution >= 4 is 11.8 Å². The number of nitrogens with one attached hydrogen (secondary N) is 2. The molecule has 1 aliphatic carbocycles. The molecule has 5 nitrogen and oxygen atoms in total. The third-order valence-corrected chi connectivity index (χ3v) is 3.75. The SMILES string of the molecule is CC(C)NC(=O)c1ccc(C(=O)NCC2(CO)CC2)cc1. The molecule has 5 heteroatoms. The molecule has 1 saturated carbocycles. The molecule has 0 radical (unpaired) electrons. The maximum Gasteiger partial charge on any atom is 0.251 e. The van der Waals surface area contributed by atoms with Gasteiger partial charge >= 0.3 is 0 Å². The molecule has 0 unspecified atom stereocenters. The van der Waals surface area contributed by atoms with Gasteiger partial charge in [0.05, 0.1) is 6.61 Å². The molecule has 114 valence electrons. The maximum absolute atomic E-state index is 12.0. The zero-order valence-corrected chi connectivity index (χ0v) is 12.5. The van der Waals surface area contributed by atoms with E-state index < -0.39 is 0 Å². The minimum atomic E-state index is -0.175. The number of aliphatic hydroxyl groups is 1. The smallest absolute Gasteiger partial charge is 0.251 e. The van der Waals surface area contributed by atoms with Crippen molar-refractivity contribution in [3.63, 3.8) is 0 Å². The van der Waals surface area contributed by atoms with E-state index in [2.05, 4.69) is 10.6 Å². The van der Waals surface area contributed by atoms with Crippen molar-refractivity contribution in [2.45, 2.75) is 32.7 Å². The Kier molecular flexibility index (Phi) is 4.63. The van der Waals surface area contributed by atoms with Gasteiger partial charge in [-0.3, -0.25) is 9.59 Å². The molecular weight excluding hydrogens is 268 g/mol. The van der Waals surface area contributed by atoms with Gasteiger partial charge in [-0.15, -0.1) is 0 Å². The summed E-state index contributed by atoms with van der Waals surface area (Å²) < 4.78 is 0. The van der Waals surface area contributed by atoms with Crippen LogP contribution in [-0.2, 0) is 0 Å². The summed E-state index contributed by atoms with van der Waals surface area (Å²) in [7, 11) is 0. The van der Waals surface area contributed by atoms with Gasteiger partial charge in [-0.2, -0.15) is 0 Å². The Labute approximate surface area is 124 Å². The normalized spacial score (nSPS) is 15.6. The first-order valence-corrected chi connectivity index (χ1v) is 7.26. The summed E-state index contributed by atoms with van der Waals surface area (Å²) in [6, 6.07) is 6.65. The first-order valence-electron chi connectivity index (χ1n) is 7.26. The molecule has 21 heavy (non-hydrogen) atoms. The van der Waals surface area contributed by atoms with E-state index in [0.717, 1.165) is 12.8 Å². The summed E-state index contributed by atoms with van der Waals surface area (Å²) in [6.07, 6.45) is 1.91. The second-order valence-electron chi connectivity index (χ2n) is 6.05. The lowest BCUT2D eigenvalue weighted by atomic mass is 10.1. The highest BCUT2D eigenvalue weighted by atomic mass is 16.3. The van der Waals surface area contributed by atoms with Gasteiger partial charge in [-0.1, -0.05) is 0 Å². The van der Waals surface area contributed by atoms with Crippen LogP contribution < -0.4 is 10.6 Å². The number of hydrogen-bond acceptors (Lipinski definition) is 3. The van der Waals surface area contributed by atoms with Crippen molar-refractivity contribution in [2.24, 2.45) is 5.41 Å². The second-order valence-corrected chi connectivity index (χ2v) is 6.05. The summed E-state index contributed by atoms with van der Waals surface area (Å²) >= 11 is 0. The van der Waals surface area contributed by atoms with E-state index in [1.165, 1.54) is 0 Å². The number of amides is 2.